The Morgan fingerprint density at radius 2 is 2.21 bits per heavy atom. The maximum atomic E-state index is 12.3. The second-order valence-corrected chi connectivity index (χ2v) is 5.95. The van der Waals surface area contributed by atoms with Gasteiger partial charge in [-0.25, -0.2) is 4.98 Å². The second-order valence-electron chi connectivity index (χ2n) is 5.95. The van der Waals surface area contributed by atoms with Crippen molar-refractivity contribution in [1.82, 2.24) is 10.3 Å². The summed E-state index contributed by atoms with van der Waals surface area (Å²) in [6.07, 6.45) is 5.04. The monoisotopic (exact) mass is 325 g/mol. The highest BCUT2D eigenvalue weighted by Gasteiger charge is 2.23. The standard InChI is InChI=1S/C19H23N3O2/c1-2-5-16-13-15-12-14(7-8-17(15)24-16)19(23)22-11-10-21-18-6-3-4-9-20-18/h3-4,6-9,12,16H,2,5,10-11,13H2,1H3,(H,20,21)(H,22,23). The van der Waals surface area contributed by atoms with Crippen LogP contribution in [0.3, 0.4) is 0 Å². The maximum absolute atomic E-state index is 12.3. The van der Waals surface area contributed by atoms with E-state index in [1.165, 1.54) is 0 Å². The van der Waals surface area contributed by atoms with Crippen LogP contribution in [0.5, 0.6) is 5.75 Å². The Labute approximate surface area is 142 Å². The first-order valence-corrected chi connectivity index (χ1v) is 8.49. The average molecular weight is 325 g/mol. The number of rotatable bonds is 7. The zero-order valence-electron chi connectivity index (χ0n) is 13.9. The predicted octanol–water partition coefficient (Wildman–Crippen LogP) is 3.03. The van der Waals surface area contributed by atoms with Crippen molar-refractivity contribution in [3.05, 3.63) is 53.7 Å². The molecule has 1 aromatic heterocycles. The van der Waals surface area contributed by atoms with Crippen molar-refractivity contribution in [3.8, 4) is 5.75 Å². The fraction of sp³-hybridized carbons (Fsp3) is 0.368. The van der Waals surface area contributed by atoms with Crippen molar-refractivity contribution in [3.63, 3.8) is 0 Å². The lowest BCUT2D eigenvalue weighted by Gasteiger charge is -2.08. The molecule has 126 valence electrons. The first-order chi connectivity index (χ1) is 11.8. The number of carbonyl (C=O) groups is 1. The number of fused-ring (bicyclic) bond motifs is 1. The van der Waals surface area contributed by atoms with E-state index in [-0.39, 0.29) is 12.0 Å². The van der Waals surface area contributed by atoms with E-state index in [0.29, 0.717) is 18.7 Å². The molecule has 5 heteroatoms. The summed E-state index contributed by atoms with van der Waals surface area (Å²) in [5, 5.41) is 6.09. The number of amides is 1. The van der Waals surface area contributed by atoms with Gasteiger partial charge in [0.25, 0.3) is 5.91 Å². The van der Waals surface area contributed by atoms with Crippen LogP contribution in [-0.4, -0.2) is 30.1 Å². The number of anilines is 1. The lowest BCUT2D eigenvalue weighted by molar-refractivity contribution is 0.0955. The molecule has 0 saturated heterocycles. The summed E-state index contributed by atoms with van der Waals surface area (Å²) in [7, 11) is 0. The molecule has 2 N–H and O–H groups in total. The zero-order chi connectivity index (χ0) is 16.8. The molecule has 3 rings (SSSR count). The topological polar surface area (TPSA) is 63.2 Å². The van der Waals surface area contributed by atoms with Gasteiger partial charge in [0.2, 0.25) is 0 Å². The van der Waals surface area contributed by atoms with Crippen LogP contribution >= 0.6 is 0 Å². The molecule has 0 aliphatic carbocycles. The molecule has 0 fully saturated rings. The van der Waals surface area contributed by atoms with E-state index in [1.807, 2.05) is 36.4 Å². The van der Waals surface area contributed by atoms with Crippen molar-refractivity contribution in [1.29, 1.82) is 0 Å². The first kappa shape index (κ1) is 16.3. The van der Waals surface area contributed by atoms with Crippen molar-refractivity contribution in [2.75, 3.05) is 18.4 Å². The van der Waals surface area contributed by atoms with Gasteiger partial charge in [-0.2, -0.15) is 0 Å². The van der Waals surface area contributed by atoms with Crippen LogP contribution in [-0.2, 0) is 6.42 Å². The minimum atomic E-state index is -0.0560. The fourth-order valence-electron chi connectivity index (χ4n) is 2.88. The quantitative estimate of drug-likeness (QED) is 0.768. The minimum Gasteiger partial charge on any atom is -0.490 e. The Morgan fingerprint density at radius 1 is 1.29 bits per heavy atom. The molecular formula is C19H23N3O2. The molecule has 1 atom stereocenters. The van der Waals surface area contributed by atoms with Crippen molar-refractivity contribution in [2.45, 2.75) is 32.3 Å². The minimum absolute atomic E-state index is 0.0560. The first-order valence-electron chi connectivity index (χ1n) is 8.49. The second kappa shape index (κ2) is 7.81. The molecule has 24 heavy (non-hydrogen) atoms. The summed E-state index contributed by atoms with van der Waals surface area (Å²) in [4.78, 5) is 16.4. The summed E-state index contributed by atoms with van der Waals surface area (Å²) in [6.45, 7) is 3.33. The Bertz CT molecular complexity index is 688. The van der Waals surface area contributed by atoms with Gasteiger partial charge >= 0.3 is 0 Å². The molecular weight excluding hydrogens is 302 g/mol. The molecule has 2 aromatic rings. The van der Waals surface area contributed by atoms with Gasteiger partial charge < -0.3 is 15.4 Å². The Hall–Kier alpha value is -2.56. The molecule has 0 spiro atoms. The molecule has 0 bridgehead atoms. The number of benzene rings is 1. The summed E-state index contributed by atoms with van der Waals surface area (Å²) in [5.41, 5.74) is 1.82. The highest BCUT2D eigenvalue weighted by atomic mass is 16.5. The van der Waals surface area contributed by atoms with E-state index in [2.05, 4.69) is 22.5 Å². The van der Waals surface area contributed by atoms with Crippen LogP contribution in [0.4, 0.5) is 5.82 Å². The van der Waals surface area contributed by atoms with Crippen molar-refractivity contribution < 1.29 is 9.53 Å². The number of ether oxygens (including phenoxy) is 1. The van der Waals surface area contributed by atoms with Gasteiger partial charge in [-0.1, -0.05) is 19.4 Å². The summed E-state index contributed by atoms with van der Waals surface area (Å²) >= 11 is 0. The van der Waals surface area contributed by atoms with E-state index in [4.69, 9.17) is 4.74 Å². The molecule has 1 aliphatic heterocycles. The number of aromatic nitrogens is 1. The average Bonchev–Trinajstić information content (AvgIpc) is 3.01. The van der Waals surface area contributed by atoms with E-state index in [1.54, 1.807) is 6.20 Å². The van der Waals surface area contributed by atoms with Crippen LogP contribution in [0.25, 0.3) is 0 Å². The van der Waals surface area contributed by atoms with Crippen LogP contribution in [0.15, 0.2) is 42.6 Å². The molecule has 0 saturated carbocycles. The highest BCUT2D eigenvalue weighted by molar-refractivity contribution is 5.94. The van der Waals surface area contributed by atoms with Crippen LogP contribution < -0.4 is 15.4 Å². The van der Waals surface area contributed by atoms with Gasteiger partial charge in [0, 0.05) is 31.3 Å². The van der Waals surface area contributed by atoms with E-state index in [9.17, 15) is 4.79 Å². The lowest BCUT2D eigenvalue weighted by Crippen LogP contribution is -2.28. The normalized spacial score (nSPS) is 15.5. The SMILES string of the molecule is CCCC1Cc2cc(C(=O)NCCNc3ccccn3)ccc2O1. The van der Waals surface area contributed by atoms with Gasteiger partial charge in [0.1, 0.15) is 17.7 Å². The van der Waals surface area contributed by atoms with E-state index in [0.717, 1.165) is 36.4 Å². The van der Waals surface area contributed by atoms with Crippen LogP contribution in [0.2, 0.25) is 0 Å². The Morgan fingerprint density at radius 3 is 3.00 bits per heavy atom. The Balaban J connectivity index is 1.48. The lowest BCUT2D eigenvalue weighted by atomic mass is 10.0. The Kier molecular flexibility index (Phi) is 5.31. The zero-order valence-corrected chi connectivity index (χ0v) is 13.9. The maximum Gasteiger partial charge on any atom is 0.251 e. The molecule has 5 nitrogen and oxygen atoms in total. The summed E-state index contributed by atoms with van der Waals surface area (Å²) in [5.74, 6) is 1.67. The third-order valence-corrected chi connectivity index (χ3v) is 4.06. The van der Waals surface area contributed by atoms with Crippen molar-refractivity contribution >= 4 is 11.7 Å². The number of hydrogen-bond donors (Lipinski definition) is 2. The third kappa shape index (κ3) is 4.04. The summed E-state index contributed by atoms with van der Waals surface area (Å²) in [6, 6.07) is 11.4. The number of carbonyl (C=O) groups excluding carboxylic acids is 1. The smallest absolute Gasteiger partial charge is 0.251 e. The molecule has 1 aromatic carbocycles. The number of nitrogens with one attached hydrogen (secondary N) is 2. The van der Waals surface area contributed by atoms with Crippen LogP contribution in [0, 0.1) is 0 Å². The number of pyridine rings is 1. The van der Waals surface area contributed by atoms with Gasteiger partial charge in [0.05, 0.1) is 0 Å². The molecule has 1 aliphatic rings. The molecule has 1 unspecified atom stereocenters. The fourth-order valence-corrected chi connectivity index (χ4v) is 2.88. The highest BCUT2D eigenvalue weighted by Crippen LogP contribution is 2.31. The number of hydrogen-bond acceptors (Lipinski definition) is 4. The molecule has 0 radical (unpaired) electrons. The largest absolute Gasteiger partial charge is 0.490 e. The van der Waals surface area contributed by atoms with E-state index < -0.39 is 0 Å². The number of nitrogens with zero attached hydrogens (tertiary/aromatic N) is 1. The molecule has 1 amide bonds. The third-order valence-electron chi connectivity index (χ3n) is 4.06. The molecule has 2 heterocycles. The van der Waals surface area contributed by atoms with Gasteiger partial charge in [-0.15, -0.1) is 0 Å². The van der Waals surface area contributed by atoms with Crippen molar-refractivity contribution in [2.24, 2.45) is 0 Å². The van der Waals surface area contributed by atoms with Crippen LogP contribution in [0.1, 0.15) is 35.7 Å². The summed E-state index contributed by atoms with van der Waals surface area (Å²) < 4.78 is 5.88. The van der Waals surface area contributed by atoms with E-state index >= 15 is 0 Å². The van der Waals surface area contributed by atoms with Gasteiger partial charge in [-0.05, 0) is 42.3 Å². The van der Waals surface area contributed by atoms with Gasteiger partial charge in [0.15, 0.2) is 0 Å². The predicted molar refractivity (Wildman–Crippen MR) is 94.5 cm³/mol. The van der Waals surface area contributed by atoms with Gasteiger partial charge in [-0.3, -0.25) is 4.79 Å².